The Balaban J connectivity index is 1.56. The predicted octanol–water partition coefficient (Wildman–Crippen LogP) is 2.88. The number of rotatable bonds is 3. The number of benzene rings is 2. The van der Waals surface area contributed by atoms with Gasteiger partial charge in [0.25, 0.3) is 11.8 Å². The number of aromatic hydroxyl groups is 1. The molecule has 1 aliphatic rings. The normalized spacial score (nSPS) is 15.4. The number of hydrogen-bond acceptors (Lipinski definition) is 7. The number of carbonyl (C=O) groups excluding carboxylic acids is 2. The monoisotopic (exact) mass is 408 g/mol. The van der Waals surface area contributed by atoms with Crippen LogP contribution < -0.4 is 5.43 Å². The van der Waals surface area contributed by atoms with E-state index in [-0.39, 0.29) is 15.6 Å². The van der Waals surface area contributed by atoms with Gasteiger partial charge in [-0.3, -0.25) is 25.0 Å². The van der Waals surface area contributed by atoms with E-state index in [2.05, 4.69) is 15.4 Å². The van der Waals surface area contributed by atoms with E-state index < -0.39 is 11.8 Å². The summed E-state index contributed by atoms with van der Waals surface area (Å²) in [5.74, 6) is -1.02. The molecule has 2 aromatic carbocycles. The Morgan fingerprint density at radius 2 is 1.93 bits per heavy atom. The van der Waals surface area contributed by atoms with E-state index in [4.69, 9.17) is 12.2 Å². The van der Waals surface area contributed by atoms with Gasteiger partial charge in [-0.05, 0) is 54.2 Å². The summed E-state index contributed by atoms with van der Waals surface area (Å²) in [6.07, 6.45) is 4.90. The summed E-state index contributed by atoms with van der Waals surface area (Å²) in [6.45, 7) is 0. The van der Waals surface area contributed by atoms with Crippen molar-refractivity contribution < 1.29 is 14.7 Å². The third kappa shape index (κ3) is 3.57. The second-order valence-corrected chi connectivity index (χ2v) is 7.49. The molecule has 9 heteroatoms. The average Bonchev–Trinajstić information content (AvgIpc) is 2.95. The molecule has 0 radical (unpaired) electrons. The highest BCUT2D eigenvalue weighted by molar-refractivity contribution is 8.26. The molecule has 0 atom stereocenters. The van der Waals surface area contributed by atoms with Gasteiger partial charge in [0, 0.05) is 18.0 Å². The van der Waals surface area contributed by atoms with Crippen molar-refractivity contribution in [2.24, 2.45) is 0 Å². The van der Waals surface area contributed by atoms with Crippen LogP contribution in [-0.2, 0) is 4.79 Å². The molecule has 0 aliphatic carbocycles. The van der Waals surface area contributed by atoms with Crippen LogP contribution in [0.15, 0.2) is 59.8 Å². The van der Waals surface area contributed by atoms with Gasteiger partial charge in [-0.2, -0.15) is 5.01 Å². The Bertz CT molecular complexity index is 1160. The van der Waals surface area contributed by atoms with Crippen LogP contribution in [0.2, 0.25) is 0 Å². The Labute approximate surface area is 169 Å². The SMILES string of the molecule is O=C(NN1C(=O)C(=Cc2ccc3nccnc3c2)SC1=S)c1cccc(O)c1. The summed E-state index contributed by atoms with van der Waals surface area (Å²) >= 11 is 6.31. The van der Waals surface area contributed by atoms with E-state index in [0.717, 1.165) is 27.9 Å². The number of nitrogens with one attached hydrogen (secondary N) is 1. The lowest BCUT2D eigenvalue weighted by atomic mass is 10.2. The maximum atomic E-state index is 12.7. The molecule has 1 aromatic heterocycles. The molecule has 138 valence electrons. The molecule has 2 N–H and O–H groups in total. The van der Waals surface area contributed by atoms with Crippen LogP contribution in [0.25, 0.3) is 17.1 Å². The maximum Gasteiger partial charge on any atom is 0.285 e. The molecule has 3 aromatic rings. The predicted molar refractivity (Wildman–Crippen MR) is 110 cm³/mol. The van der Waals surface area contributed by atoms with Crippen LogP contribution in [-0.4, -0.2) is 36.2 Å². The van der Waals surface area contributed by atoms with E-state index in [9.17, 15) is 14.7 Å². The highest BCUT2D eigenvalue weighted by Gasteiger charge is 2.33. The van der Waals surface area contributed by atoms with Gasteiger partial charge in [-0.1, -0.05) is 23.9 Å². The van der Waals surface area contributed by atoms with Gasteiger partial charge in [0.05, 0.1) is 15.9 Å². The van der Waals surface area contributed by atoms with Gasteiger partial charge in [0.15, 0.2) is 4.32 Å². The van der Waals surface area contributed by atoms with E-state index in [1.54, 1.807) is 18.5 Å². The number of thiocarbonyl (C=S) groups is 1. The zero-order valence-electron chi connectivity index (χ0n) is 14.2. The number of phenolic OH excluding ortho intramolecular Hbond substituents is 1. The second kappa shape index (κ2) is 7.37. The minimum Gasteiger partial charge on any atom is -0.508 e. The number of carbonyl (C=O) groups is 2. The number of hydrazine groups is 1. The van der Waals surface area contributed by atoms with Crippen LogP contribution in [0.5, 0.6) is 5.75 Å². The minimum absolute atomic E-state index is 0.0441. The number of phenols is 1. The first kappa shape index (κ1) is 18.1. The number of aromatic nitrogens is 2. The summed E-state index contributed by atoms with van der Waals surface area (Å²) in [4.78, 5) is 33.8. The van der Waals surface area contributed by atoms with Crippen molar-refractivity contribution in [2.75, 3.05) is 0 Å². The van der Waals surface area contributed by atoms with Crippen molar-refractivity contribution in [3.8, 4) is 5.75 Å². The van der Waals surface area contributed by atoms with Crippen molar-refractivity contribution in [3.63, 3.8) is 0 Å². The van der Waals surface area contributed by atoms with E-state index in [0.29, 0.717) is 10.4 Å². The maximum absolute atomic E-state index is 12.7. The fourth-order valence-corrected chi connectivity index (χ4v) is 3.78. The van der Waals surface area contributed by atoms with E-state index in [1.807, 2.05) is 18.2 Å². The summed E-state index contributed by atoms with van der Waals surface area (Å²) in [7, 11) is 0. The van der Waals surface area contributed by atoms with Crippen molar-refractivity contribution in [2.45, 2.75) is 0 Å². The highest BCUT2D eigenvalue weighted by atomic mass is 32.2. The smallest absolute Gasteiger partial charge is 0.285 e. The lowest BCUT2D eigenvalue weighted by molar-refractivity contribution is -0.123. The summed E-state index contributed by atoms with van der Waals surface area (Å²) < 4.78 is 0.213. The molecule has 1 saturated heterocycles. The molecule has 2 heterocycles. The zero-order chi connectivity index (χ0) is 19.7. The van der Waals surface area contributed by atoms with Gasteiger partial charge in [-0.25, -0.2) is 0 Å². The average molecular weight is 408 g/mol. The number of hydrogen-bond donors (Lipinski definition) is 2. The second-order valence-electron chi connectivity index (χ2n) is 5.81. The standard InChI is InChI=1S/C19H12N4O3S2/c24-13-3-1-2-12(10-13)17(25)22-23-18(26)16(28-19(23)27)9-11-4-5-14-15(8-11)21-7-6-20-14/h1-10,24H,(H,22,25). The van der Waals surface area contributed by atoms with Gasteiger partial charge in [0.2, 0.25) is 0 Å². The molecule has 2 amide bonds. The molecule has 0 bridgehead atoms. The summed E-state index contributed by atoms with van der Waals surface area (Å²) in [5.41, 5.74) is 4.93. The summed E-state index contributed by atoms with van der Waals surface area (Å²) in [6, 6.07) is 11.3. The first-order valence-corrected chi connectivity index (χ1v) is 9.32. The minimum atomic E-state index is -0.547. The highest BCUT2D eigenvalue weighted by Crippen LogP contribution is 2.31. The van der Waals surface area contributed by atoms with Gasteiger partial charge < -0.3 is 5.11 Å². The van der Waals surface area contributed by atoms with Crippen molar-refractivity contribution in [1.29, 1.82) is 0 Å². The van der Waals surface area contributed by atoms with Crippen LogP contribution in [0, 0.1) is 0 Å². The van der Waals surface area contributed by atoms with Gasteiger partial charge in [0.1, 0.15) is 5.75 Å². The first-order valence-electron chi connectivity index (χ1n) is 8.10. The van der Waals surface area contributed by atoms with Crippen LogP contribution in [0.3, 0.4) is 0 Å². The number of amides is 2. The number of thioether (sulfide) groups is 1. The number of nitrogens with zero attached hydrogens (tertiary/aromatic N) is 3. The third-order valence-electron chi connectivity index (χ3n) is 3.91. The lowest BCUT2D eigenvalue weighted by Gasteiger charge is -2.15. The van der Waals surface area contributed by atoms with Gasteiger partial charge >= 0.3 is 0 Å². The molecule has 28 heavy (non-hydrogen) atoms. The molecule has 0 spiro atoms. The number of fused-ring (bicyclic) bond motifs is 1. The Morgan fingerprint density at radius 1 is 1.14 bits per heavy atom. The van der Waals surface area contributed by atoms with Gasteiger partial charge in [-0.15, -0.1) is 0 Å². The van der Waals surface area contributed by atoms with Crippen LogP contribution in [0.1, 0.15) is 15.9 Å². The third-order valence-corrected chi connectivity index (χ3v) is 5.21. The molecule has 0 saturated carbocycles. The van der Waals surface area contributed by atoms with Crippen LogP contribution in [0.4, 0.5) is 0 Å². The molecule has 1 fully saturated rings. The first-order chi connectivity index (χ1) is 13.5. The molecule has 1 aliphatic heterocycles. The van der Waals surface area contributed by atoms with E-state index >= 15 is 0 Å². The van der Waals surface area contributed by atoms with Crippen molar-refractivity contribution in [3.05, 3.63) is 70.9 Å². The van der Waals surface area contributed by atoms with Crippen molar-refractivity contribution >= 4 is 57.2 Å². The Morgan fingerprint density at radius 3 is 2.71 bits per heavy atom. The van der Waals surface area contributed by atoms with Crippen LogP contribution >= 0.6 is 24.0 Å². The molecule has 7 nitrogen and oxygen atoms in total. The molecular weight excluding hydrogens is 396 g/mol. The largest absolute Gasteiger partial charge is 0.508 e. The van der Waals surface area contributed by atoms with E-state index in [1.165, 1.54) is 24.3 Å². The Kier molecular flexibility index (Phi) is 4.76. The van der Waals surface area contributed by atoms with Crippen molar-refractivity contribution in [1.82, 2.24) is 20.4 Å². The lowest BCUT2D eigenvalue weighted by Crippen LogP contribution is -2.44. The Hall–Kier alpha value is -3.30. The molecule has 0 unspecified atom stereocenters. The fraction of sp³-hybridized carbons (Fsp3) is 0. The summed E-state index contributed by atoms with van der Waals surface area (Å²) in [5, 5.41) is 10.5. The topological polar surface area (TPSA) is 95.4 Å². The fourth-order valence-electron chi connectivity index (χ4n) is 2.60. The molecular formula is C19H12N4O3S2. The molecule has 4 rings (SSSR count). The zero-order valence-corrected chi connectivity index (χ0v) is 15.8. The quantitative estimate of drug-likeness (QED) is 0.508.